The van der Waals surface area contributed by atoms with Crippen molar-refractivity contribution in [3.8, 4) is 5.88 Å². The summed E-state index contributed by atoms with van der Waals surface area (Å²) in [4.78, 5) is 4.39. The summed E-state index contributed by atoms with van der Waals surface area (Å²) in [6.07, 6.45) is 0. The van der Waals surface area contributed by atoms with Crippen molar-refractivity contribution >= 4 is 5.82 Å². The zero-order valence-corrected chi connectivity index (χ0v) is 8.43. The van der Waals surface area contributed by atoms with Crippen LogP contribution in [-0.2, 0) is 0 Å². The number of likely N-dealkylation sites (N-methyl/N-ethyl adjacent to an activating group) is 1. The molecule has 1 aromatic rings. The van der Waals surface area contributed by atoms with Gasteiger partial charge in [-0.25, -0.2) is 4.63 Å². The van der Waals surface area contributed by atoms with Crippen LogP contribution < -0.4 is 9.64 Å². The molecule has 1 aromatic heterocycles. The number of rotatable bonds is 2. The summed E-state index contributed by atoms with van der Waals surface area (Å²) in [5.41, 5.74) is 0. The highest BCUT2D eigenvalue weighted by molar-refractivity contribution is 5.46. The molecule has 0 aromatic carbocycles. The van der Waals surface area contributed by atoms with E-state index in [0.29, 0.717) is 11.7 Å². The molecule has 0 N–H and O–H groups in total. The molecule has 0 radical (unpaired) electrons. The highest BCUT2D eigenvalue weighted by atomic mass is 16.6. The Morgan fingerprint density at radius 3 is 2.57 bits per heavy atom. The molecule has 0 spiro atoms. The summed E-state index contributed by atoms with van der Waals surface area (Å²) in [6.45, 7) is 3.91. The Bertz CT molecular complexity index is 293. The van der Waals surface area contributed by atoms with Crippen LogP contribution in [0.15, 0.2) is 4.63 Å². The minimum atomic E-state index is 0.467. The van der Waals surface area contributed by atoms with Crippen molar-refractivity contribution in [2.75, 3.05) is 45.2 Å². The molecule has 1 fully saturated rings. The summed E-state index contributed by atoms with van der Waals surface area (Å²) in [6, 6.07) is 0. The van der Waals surface area contributed by atoms with Gasteiger partial charge in [-0.15, -0.1) is 0 Å². The first-order valence-electron chi connectivity index (χ1n) is 4.61. The largest absolute Gasteiger partial charge is 0.476 e. The van der Waals surface area contributed by atoms with Gasteiger partial charge in [0.25, 0.3) is 5.88 Å². The van der Waals surface area contributed by atoms with Crippen molar-refractivity contribution in [1.29, 1.82) is 0 Å². The molecule has 1 aliphatic rings. The van der Waals surface area contributed by atoms with Gasteiger partial charge in [0.15, 0.2) is 0 Å². The molecular formula is C8H14N4O2. The summed E-state index contributed by atoms with van der Waals surface area (Å²) < 4.78 is 9.68. The Kier molecular flexibility index (Phi) is 2.53. The van der Waals surface area contributed by atoms with Gasteiger partial charge in [0, 0.05) is 26.2 Å². The monoisotopic (exact) mass is 198 g/mol. The van der Waals surface area contributed by atoms with Crippen LogP contribution in [0.25, 0.3) is 0 Å². The number of nitrogens with zero attached hydrogens (tertiary/aromatic N) is 4. The van der Waals surface area contributed by atoms with Crippen molar-refractivity contribution in [2.45, 2.75) is 0 Å². The van der Waals surface area contributed by atoms with Crippen molar-refractivity contribution in [2.24, 2.45) is 0 Å². The second kappa shape index (κ2) is 3.83. The molecule has 0 aliphatic carbocycles. The van der Waals surface area contributed by atoms with Crippen molar-refractivity contribution < 1.29 is 9.37 Å². The number of methoxy groups -OCH3 is 1. The van der Waals surface area contributed by atoms with E-state index in [2.05, 4.69) is 31.8 Å². The van der Waals surface area contributed by atoms with Gasteiger partial charge < -0.3 is 14.5 Å². The molecule has 14 heavy (non-hydrogen) atoms. The standard InChI is InChI=1S/C8H14N4O2/c1-11-3-5-12(6-4-11)7-8(13-2)10-14-9-7/h3-6H2,1-2H3. The number of anilines is 1. The van der Waals surface area contributed by atoms with Crippen LogP contribution in [0.2, 0.25) is 0 Å². The third-order valence-corrected chi connectivity index (χ3v) is 2.44. The number of hydrogen-bond acceptors (Lipinski definition) is 6. The van der Waals surface area contributed by atoms with Crippen LogP contribution in [0.4, 0.5) is 5.82 Å². The fourth-order valence-electron chi connectivity index (χ4n) is 1.52. The van der Waals surface area contributed by atoms with Crippen LogP contribution >= 0.6 is 0 Å². The Morgan fingerprint density at radius 1 is 1.21 bits per heavy atom. The van der Waals surface area contributed by atoms with E-state index >= 15 is 0 Å². The number of ether oxygens (including phenoxy) is 1. The van der Waals surface area contributed by atoms with Crippen LogP contribution in [0, 0.1) is 0 Å². The lowest BCUT2D eigenvalue weighted by molar-refractivity contribution is 0.280. The van der Waals surface area contributed by atoms with E-state index in [0.717, 1.165) is 26.2 Å². The number of piperazine rings is 1. The van der Waals surface area contributed by atoms with E-state index < -0.39 is 0 Å². The second-order valence-electron chi connectivity index (χ2n) is 3.39. The zero-order valence-electron chi connectivity index (χ0n) is 8.43. The van der Waals surface area contributed by atoms with Gasteiger partial charge in [-0.3, -0.25) is 0 Å². The molecule has 0 saturated carbocycles. The first kappa shape index (κ1) is 9.26. The maximum Gasteiger partial charge on any atom is 0.300 e. The molecule has 0 unspecified atom stereocenters. The van der Waals surface area contributed by atoms with Crippen molar-refractivity contribution in [3.05, 3.63) is 0 Å². The quantitative estimate of drug-likeness (QED) is 0.657. The average Bonchev–Trinajstić information content (AvgIpc) is 2.67. The van der Waals surface area contributed by atoms with Crippen molar-refractivity contribution in [3.63, 3.8) is 0 Å². The molecule has 6 nitrogen and oxygen atoms in total. The molecule has 0 amide bonds. The molecule has 1 aliphatic heterocycles. The molecule has 0 atom stereocenters. The lowest BCUT2D eigenvalue weighted by Crippen LogP contribution is -2.44. The zero-order chi connectivity index (χ0) is 9.97. The van der Waals surface area contributed by atoms with Crippen LogP contribution in [0.3, 0.4) is 0 Å². The minimum Gasteiger partial charge on any atom is -0.476 e. The van der Waals surface area contributed by atoms with Crippen LogP contribution in [-0.4, -0.2) is 55.5 Å². The molecule has 0 bridgehead atoms. The Labute approximate surface area is 82.4 Å². The normalized spacial score (nSPS) is 18.6. The second-order valence-corrected chi connectivity index (χ2v) is 3.39. The van der Waals surface area contributed by atoms with Gasteiger partial charge in [0.2, 0.25) is 5.82 Å². The van der Waals surface area contributed by atoms with E-state index in [4.69, 9.17) is 4.74 Å². The van der Waals surface area contributed by atoms with Crippen molar-refractivity contribution in [1.82, 2.24) is 15.2 Å². The summed E-state index contributed by atoms with van der Waals surface area (Å²) in [7, 11) is 3.68. The molecule has 6 heteroatoms. The predicted molar refractivity (Wildman–Crippen MR) is 50.6 cm³/mol. The highest BCUT2D eigenvalue weighted by Gasteiger charge is 2.21. The maximum atomic E-state index is 5.04. The summed E-state index contributed by atoms with van der Waals surface area (Å²) in [5, 5.41) is 7.50. The minimum absolute atomic E-state index is 0.467. The average molecular weight is 198 g/mol. The Morgan fingerprint density at radius 2 is 1.93 bits per heavy atom. The smallest absolute Gasteiger partial charge is 0.300 e. The van der Waals surface area contributed by atoms with Crippen LogP contribution in [0.1, 0.15) is 0 Å². The predicted octanol–water partition coefficient (Wildman–Crippen LogP) is -0.170. The van der Waals surface area contributed by atoms with E-state index in [1.807, 2.05) is 0 Å². The van der Waals surface area contributed by atoms with Crippen LogP contribution in [0.5, 0.6) is 5.88 Å². The maximum absolute atomic E-state index is 5.04. The van der Waals surface area contributed by atoms with Gasteiger partial charge in [0.05, 0.1) is 7.11 Å². The molecule has 2 heterocycles. The number of hydrogen-bond donors (Lipinski definition) is 0. The lowest BCUT2D eigenvalue weighted by Gasteiger charge is -2.31. The third kappa shape index (κ3) is 1.65. The van der Waals surface area contributed by atoms with Gasteiger partial charge in [-0.2, -0.15) is 0 Å². The van der Waals surface area contributed by atoms with Gasteiger partial charge >= 0.3 is 0 Å². The lowest BCUT2D eigenvalue weighted by atomic mass is 10.3. The molecule has 1 saturated heterocycles. The fourth-order valence-corrected chi connectivity index (χ4v) is 1.52. The molecule has 78 valence electrons. The van der Waals surface area contributed by atoms with Gasteiger partial charge in [-0.05, 0) is 17.4 Å². The topological polar surface area (TPSA) is 54.6 Å². The Balaban J connectivity index is 2.08. The van der Waals surface area contributed by atoms with Gasteiger partial charge in [-0.1, -0.05) is 0 Å². The summed E-state index contributed by atoms with van der Waals surface area (Å²) in [5.74, 6) is 1.18. The SMILES string of the molecule is COc1nonc1N1CCN(C)CC1. The van der Waals surface area contributed by atoms with E-state index in [-0.39, 0.29) is 0 Å². The molecular weight excluding hydrogens is 184 g/mol. The van der Waals surface area contributed by atoms with E-state index in [1.165, 1.54) is 0 Å². The highest BCUT2D eigenvalue weighted by Crippen LogP contribution is 2.23. The van der Waals surface area contributed by atoms with E-state index in [9.17, 15) is 0 Å². The first-order chi connectivity index (χ1) is 6.81. The third-order valence-electron chi connectivity index (χ3n) is 2.44. The Hall–Kier alpha value is -1.30. The first-order valence-corrected chi connectivity index (χ1v) is 4.61. The number of aromatic nitrogens is 2. The van der Waals surface area contributed by atoms with E-state index in [1.54, 1.807) is 7.11 Å². The fraction of sp³-hybridized carbons (Fsp3) is 0.750. The molecule has 2 rings (SSSR count). The van der Waals surface area contributed by atoms with Gasteiger partial charge in [0.1, 0.15) is 0 Å². The summed E-state index contributed by atoms with van der Waals surface area (Å²) >= 11 is 0.